The Morgan fingerprint density at radius 1 is 1.11 bits per heavy atom. The standard InChI is InChI=1S/C28H35N3O7/c1-12-5-6-13(2)31(12)11-15-9-18(30(3)4)17-8-14-7-16-10-19(32)22(27(29)37)26(36)28(16,38)25(35)20(14)24(34)21(17)23(15)33/h9,12-14,16,20,22,33,38H,5-8,10-11H2,1-4H3,(H2,29,37)/t12?,13?,14-,16+,20?,22?,28+/m1/s1. The summed E-state index contributed by atoms with van der Waals surface area (Å²) >= 11 is 0. The number of aliphatic hydroxyl groups is 1. The number of benzene rings is 1. The van der Waals surface area contributed by atoms with E-state index in [1.165, 1.54) is 0 Å². The van der Waals surface area contributed by atoms with Gasteiger partial charge in [-0.3, -0.25) is 28.9 Å². The van der Waals surface area contributed by atoms with Gasteiger partial charge in [0, 0.05) is 56.3 Å². The number of nitrogens with two attached hydrogens (primary N) is 1. The first-order valence-electron chi connectivity index (χ1n) is 13.3. The predicted molar refractivity (Wildman–Crippen MR) is 137 cm³/mol. The van der Waals surface area contributed by atoms with Gasteiger partial charge in [0.2, 0.25) is 5.91 Å². The van der Waals surface area contributed by atoms with Gasteiger partial charge in [0.15, 0.2) is 34.7 Å². The van der Waals surface area contributed by atoms with E-state index in [0.717, 1.165) is 18.5 Å². The molecule has 10 nitrogen and oxygen atoms in total. The second kappa shape index (κ2) is 8.98. The van der Waals surface area contributed by atoms with Gasteiger partial charge in [0.25, 0.3) is 0 Å². The van der Waals surface area contributed by atoms with E-state index in [9.17, 15) is 34.2 Å². The maximum atomic E-state index is 14.0. The highest BCUT2D eigenvalue weighted by Crippen LogP contribution is 2.51. The molecule has 4 aliphatic rings. The van der Waals surface area contributed by atoms with E-state index in [-0.39, 0.29) is 30.6 Å². The molecule has 1 saturated heterocycles. The molecule has 3 fully saturated rings. The smallest absolute Gasteiger partial charge is 0.235 e. The van der Waals surface area contributed by atoms with Crippen LogP contribution in [-0.4, -0.2) is 75.9 Å². The summed E-state index contributed by atoms with van der Waals surface area (Å²) in [4.78, 5) is 69.4. The van der Waals surface area contributed by atoms with Crippen molar-refractivity contribution in [3.05, 3.63) is 22.8 Å². The van der Waals surface area contributed by atoms with Crippen molar-refractivity contribution in [2.75, 3.05) is 19.0 Å². The molecule has 1 heterocycles. The van der Waals surface area contributed by atoms with E-state index < -0.39 is 58.3 Å². The summed E-state index contributed by atoms with van der Waals surface area (Å²) in [6, 6.07) is 2.52. The molecule has 0 aromatic heterocycles. The predicted octanol–water partition coefficient (Wildman–Crippen LogP) is 0.766. The Morgan fingerprint density at radius 3 is 2.32 bits per heavy atom. The largest absolute Gasteiger partial charge is 0.507 e. The number of hydrogen-bond acceptors (Lipinski definition) is 9. The van der Waals surface area contributed by atoms with E-state index >= 15 is 0 Å². The van der Waals surface area contributed by atoms with Crippen LogP contribution in [0.2, 0.25) is 0 Å². The molecule has 1 amide bonds. The van der Waals surface area contributed by atoms with Gasteiger partial charge in [-0.25, -0.2) is 0 Å². The van der Waals surface area contributed by atoms with Crippen molar-refractivity contribution < 1.29 is 34.2 Å². The summed E-state index contributed by atoms with van der Waals surface area (Å²) in [6.07, 6.45) is 2.08. The molecule has 1 aliphatic heterocycles. The van der Waals surface area contributed by atoms with Gasteiger partial charge in [-0.05, 0) is 57.1 Å². The van der Waals surface area contributed by atoms with Gasteiger partial charge in [-0.1, -0.05) is 0 Å². The zero-order chi connectivity index (χ0) is 27.8. The van der Waals surface area contributed by atoms with Crippen LogP contribution in [0.3, 0.4) is 0 Å². The molecule has 4 N–H and O–H groups in total. The Balaban J connectivity index is 1.59. The molecule has 1 aromatic carbocycles. The molecule has 4 unspecified atom stereocenters. The zero-order valence-electron chi connectivity index (χ0n) is 22.2. The SMILES string of the molecule is CC1CCC(C)N1Cc1cc(N(C)C)c2c(c1O)C(=O)C1C(=O)[C@]3(O)C(=O)C(C(N)=O)C(=O)C[C@@H]3C[C@@H]1C2. The van der Waals surface area contributed by atoms with Crippen LogP contribution in [0.4, 0.5) is 5.69 Å². The molecule has 10 heteroatoms. The monoisotopic (exact) mass is 525 g/mol. The van der Waals surface area contributed by atoms with Crippen LogP contribution in [0.5, 0.6) is 5.75 Å². The average Bonchev–Trinajstić information content (AvgIpc) is 3.14. The molecule has 2 saturated carbocycles. The van der Waals surface area contributed by atoms with Crippen LogP contribution >= 0.6 is 0 Å². The molecule has 38 heavy (non-hydrogen) atoms. The number of aromatic hydroxyl groups is 1. The fraction of sp³-hybridized carbons (Fsp3) is 0.607. The molecule has 204 valence electrons. The fourth-order valence-electron chi connectivity index (χ4n) is 7.35. The van der Waals surface area contributed by atoms with E-state index in [4.69, 9.17) is 5.73 Å². The lowest BCUT2D eigenvalue weighted by molar-refractivity contribution is -0.175. The minimum Gasteiger partial charge on any atom is -0.507 e. The lowest BCUT2D eigenvalue weighted by atomic mass is 9.53. The molecule has 7 atom stereocenters. The molecule has 0 bridgehead atoms. The molecule has 3 aliphatic carbocycles. The number of phenolic OH excluding ortho intramolecular Hbond substituents is 1. The topological polar surface area (TPSA) is 158 Å². The Hall–Kier alpha value is -3.11. The number of ketones is 4. The summed E-state index contributed by atoms with van der Waals surface area (Å²) in [7, 11) is 3.70. The quantitative estimate of drug-likeness (QED) is 0.483. The third-order valence-corrected chi connectivity index (χ3v) is 9.43. The normalized spacial score (nSPS) is 35.1. The molecular weight excluding hydrogens is 490 g/mol. The van der Waals surface area contributed by atoms with E-state index in [1.54, 1.807) is 0 Å². The number of rotatable bonds is 4. The van der Waals surface area contributed by atoms with E-state index in [0.29, 0.717) is 29.8 Å². The summed E-state index contributed by atoms with van der Waals surface area (Å²) in [6.45, 7) is 4.69. The van der Waals surface area contributed by atoms with Crippen molar-refractivity contribution >= 4 is 34.7 Å². The number of carbonyl (C=O) groups excluding carboxylic acids is 5. The Kier molecular flexibility index (Phi) is 6.26. The summed E-state index contributed by atoms with van der Waals surface area (Å²) in [5, 5.41) is 22.8. The van der Waals surface area contributed by atoms with E-state index in [1.807, 2.05) is 25.1 Å². The van der Waals surface area contributed by atoms with Crippen LogP contribution in [0.25, 0.3) is 0 Å². The van der Waals surface area contributed by atoms with Crippen molar-refractivity contribution in [2.45, 2.75) is 70.2 Å². The van der Waals surface area contributed by atoms with Crippen LogP contribution < -0.4 is 10.6 Å². The maximum absolute atomic E-state index is 14.0. The zero-order valence-corrected chi connectivity index (χ0v) is 22.2. The fourth-order valence-corrected chi connectivity index (χ4v) is 7.35. The number of hydrogen-bond donors (Lipinski definition) is 3. The summed E-state index contributed by atoms with van der Waals surface area (Å²) in [5.41, 5.74) is 4.62. The first-order chi connectivity index (χ1) is 17.8. The number of Topliss-reactive ketones (excluding diaryl/α,β-unsaturated/α-hetero) is 4. The second-order valence-corrected chi connectivity index (χ2v) is 11.8. The molecule has 5 rings (SSSR count). The highest BCUT2D eigenvalue weighted by Gasteiger charge is 2.66. The number of amides is 1. The third kappa shape index (κ3) is 3.64. The van der Waals surface area contributed by atoms with Gasteiger partial charge in [-0.15, -0.1) is 0 Å². The summed E-state index contributed by atoms with van der Waals surface area (Å²) in [5.74, 6) is -9.86. The van der Waals surface area contributed by atoms with Crippen LogP contribution in [0, 0.1) is 23.7 Å². The van der Waals surface area contributed by atoms with Crippen LogP contribution in [-0.2, 0) is 32.1 Å². The van der Waals surface area contributed by atoms with Crippen LogP contribution in [0.1, 0.15) is 61.0 Å². The maximum Gasteiger partial charge on any atom is 0.235 e. The summed E-state index contributed by atoms with van der Waals surface area (Å²) < 4.78 is 0. The number of carbonyl (C=O) groups is 5. The molecule has 0 spiro atoms. The van der Waals surface area contributed by atoms with Gasteiger partial charge in [0.1, 0.15) is 5.75 Å². The number of primary amides is 1. The Morgan fingerprint density at radius 2 is 1.74 bits per heavy atom. The lowest BCUT2D eigenvalue weighted by Crippen LogP contribution is -2.68. The van der Waals surface area contributed by atoms with Crippen molar-refractivity contribution in [3.8, 4) is 5.75 Å². The second-order valence-electron chi connectivity index (χ2n) is 11.8. The number of fused-ring (bicyclic) bond motifs is 3. The minimum absolute atomic E-state index is 0.0492. The number of nitrogens with zero attached hydrogens (tertiary/aromatic N) is 2. The molecule has 0 radical (unpaired) electrons. The van der Waals surface area contributed by atoms with Crippen molar-refractivity contribution in [2.24, 2.45) is 29.4 Å². The molecular formula is C28H35N3O7. The highest BCUT2D eigenvalue weighted by molar-refractivity contribution is 6.31. The molecule has 1 aromatic rings. The van der Waals surface area contributed by atoms with Crippen LogP contribution in [0.15, 0.2) is 6.07 Å². The first-order valence-corrected chi connectivity index (χ1v) is 13.3. The number of anilines is 1. The third-order valence-electron chi connectivity index (χ3n) is 9.43. The highest BCUT2D eigenvalue weighted by atomic mass is 16.3. The van der Waals surface area contributed by atoms with Gasteiger partial charge < -0.3 is 20.8 Å². The minimum atomic E-state index is -2.64. The van der Waals surface area contributed by atoms with Crippen molar-refractivity contribution in [3.63, 3.8) is 0 Å². The van der Waals surface area contributed by atoms with Gasteiger partial charge in [0.05, 0.1) is 11.5 Å². The van der Waals surface area contributed by atoms with Crippen molar-refractivity contribution in [1.29, 1.82) is 0 Å². The average molecular weight is 526 g/mol. The number of phenols is 1. The Bertz CT molecular complexity index is 1260. The van der Waals surface area contributed by atoms with Gasteiger partial charge in [-0.2, -0.15) is 0 Å². The number of likely N-dealkylation sites (tertiary alicyclic amines) is 1. The van der Waals surface area contributed by atoms with E-state index in [2.05, 4.69) is 18.7 Å². The van der Waals surface area contributed by atoms with Gasteiger partial charge >= 0.3 is 0 Å². The lowest BCUT2D eigenvalue weighted by Gasteiger charge is -2.48. The van der Waals surface area contributed by atoms with Crippen molar-refractivity contribution in [1.82, 2.24) is 4.90 Å². The first kappa shape index (κ1) is 26.5. The Labute approximate surface area is 221 Å².